The van der Waals surface area contributed by atoms with Crippen molar-refractivity contribution >= 4 is 17.3 Å². The molecule has 26 heavy (non-hydrogen) atoms. The van der Waals surface area contributed by atoms with Gasteiger partial charge in [-0.2, -0.15) is 0 Å². The van der Waals surface area contributed by atoms with Gasteiger partial charge in [-0.15, -0.1) is 0 Å². The van der Waals surface area contributed by atoms with Crippen molar-refractivity contribution in [1.82, 2.24) is 19.6 Å². The summed E-state index contributed by atoms with van der Waals surface area (Å²) in [7, 11) is 0. The summed E-state index contributed by atoms with van der Waals surface area (Å²) in [6.45, 7) is 5.50. The van der Waals surface area contributed by atoms with Crippen molar-refractivity contribution < 1.29 is 9.59 Å². The highest BCUT2D eigenvalue weighted by Crippen LogP contribution is 2.20. The number of carbonyl (C=O) groups excluding carboxylic acids is 2. The molecular weight excluding hydrogens is 328 g/mol. The maximum atomic E-state index is 13.0. The summed E-state index contributed by atoms with van der Waals surface area (Å²) in [5, 5.41) is 3.08. The van der Waals surface area contributed by atoms with Gasteiger partial charge in [-0.25, -0.2) is 4.98 Å². The van der Waals surface area contributed by atoms with Crippen LogP contribution in [0.4, 0.5) is 0 Å². The van der Waals surface area contributed by atoms with Gasteiger partial charge in [-0.05, 0) is 37.8 Å². The first-order valence-electron chi connectivity index (χ1n) is 9.72. The molecule has 2 amide bonds. The smallest absolute Gasteiger partial charge is 0.290 e. The second kappa shape index (κ2) is 8.34. The summed E-state index contributed by atoms with van der Waals surface area (Å²) in [5.41, 5.74) is 1.02. The Morgan fingerprint density at radius 2 is 1.88 bits per heavy atom. The molecule has 1 N–H and O–H groups in total. The number of pyridine rings is 1. The predicted molar refractivity (Wildman–Crippen MR) is 101 cm³/mol. The fourth-order valence-electron chi connectivity index (χ4n) is 3.68. The Kier molecular flexibility index (Phi) is 5.91. The lowest BCUT2D eigenvalue weighted by Gasteiger charge is -2.20. The van der Waals surface area contributed by atoms with E-state index in [1.165, 1.54) is 0 Å². The highest BCUT2D eigenvalue weighted by Gasteiger charge is 2.26. The molecule has 1 aliphatic carbocycles. The van der Waals surface area contributed by atoms with E-state index in [4.69, 9.17) is 0 Å². The zero-order valence-electron chi connectivity index (χ0n) is 15.7. The van der Waals surface area contributed by atoms with Gasteiger partial charge in [0.05, 0.1) is 5.52 Å². The van der Waals surface area contributed by atoms with Crippen LogP contribution in [0.1, 0.15) is 73.5 Å². The zero-order valence-corrected chi connectivity index (χ0v) is 15.7. The Morgan fingerprint density at radius 3 is 2.54 bits per heavy atom. The van der Waals surface area contributed by atoms with Gasteiger partial charge in [0.1, 0.15) is 0 Å². The Hall–Kier alpha value is -2.37. The van der Waals surface area contributed by atoms with Gasteiger partial charge in [0.15, 0.2) is 5.69 Å². The van der Waals surface area contributed by atoms with E-state index in [9.17, 15) is 9.59 Å². The van der Waals surface area contributed by atoms with E-state index in [1.807, 2.05) is 23.1 Å². The molecule has 6 heteroatoms. The molecule has 0 saturated heterocycles. The summed E-state index contributed by atoms with van der Waals surface area (Å²) >= 11 is 0. The summed E-state index contributed by atoms with van der Waals surface area (Å²) in [6.07, 6.45) is 7.93. The number of rotatable bonds is 7. The van der Waals surface area contributed by atoms with E-state index in [1.54, 1.807) is 10.6 Å². The third-order valence-corrected chi connectivity index (χ3v) is 4.92. The van der Waals surface area contributed by atoms with Crippen LogP contribution in [0.2, 0.25) is 0 Å². The number of fused-ring (bicyclic) bond motifs is 1. The Labute approximate surface area is 154 Å². The van der Waals surface area contributed by atoms with Gasteiger partial charge in [0.2, 0.25) is 5.82 Å². The van der Waals surface area contributed by atoms with E-state index < -0.39 is 0 Å². The Morgan fingerprint density at radius 1 is 1.19 bits per heavy atom. The molecule has 1 aliphatic rings. The van der Waals surface area contributed by atoms with Gasteiger partial charge in [-0.3, -0.25) is 14.0 Å². The van der Waals surface area contributed by atoms with Crippen molar-refractivity contribution in [2.45, 2.75) is 58.4 Å². The first kappa shape index (κ1) is 18.4. The van der Waals surface area contributed by atoms with Crippen LogP contribution >= 0.6 is 0 Å². The van der Waals surface area contributed by atoms with Gasteiger partial charge in [0, 0.05) is 25.3 Å². The van der Waals surface area contributed by atoms with Crippen LogP contribution in [-0.2, 0) is 0 Å². The van der Waals surface area contributed by atoms with Crippen molar-refractivity contribution in [3.8, 4) is 0 Å². The topological polar surface area (TPSA) is 66.7 Å². The minimum Gasteiger partial charge on any atom is -0.348 e. The maximum Gasteiger partial charge on any atom is 0.290 e. The molecule has 0 radical (unpaired) electrons. The molecule has 3 rings (SSSR count). The number of amides is 2. The largest absolute Gasteiger partial charge is 0.348 e. The zero-order chi connectivity index (χ0) is 18.5. The lowest BCUT2D eigenvalue weighted by atomic mass is 10.2. The van der Waals surface area contributed by atoms with Crippen molar-refractivity contribution in [3.05, 3.63) is 35.9 Å². The van der Waals surface area contributed by atoms with E-state index in [0.29, 0.717) is 30.1 Å². The van der Waals surface area contributed by atoms with Crippen LogP contribution < -0.4 is 5.32 Å². The number of nitrogens with one attached hydrogen (secondary N) is 1. The van der Waals surface area contributed by atoms with Crippen molar-refractivity contribution in [2.75, 3.05) is 13.1 Å². The summed E-state index contributed by atoms with van der Waals surface area (Å²) < 4.78 is 1.74. The number of hydrogen-bond donors (Lipinski definition) is 1. The lowest BCUT2D eigenvalue weighted by molar-refractivity contribution is 0.0742. The first-order chi connectivity index (χ1) is 12.7. The average molecular weight is 356 g/mol. The lowest BCUT2D eigenvalue weighted by Crippen LogP contribution is -2.34. The third kappa shape index (κ3) is 3.74. The highest BCUT2D eigenvalue weighted by atomic mass is 16.2. The van der Waals surface area contributed by atoms with Crippen LogP contribution in [-0.4, -0.2) is 45.2 Å². The number of imidazole rings is 1. The molecule has 1 fully saturated rings. The van der Waals surface area contributed by atoms with Crippen molar-refractivity contribution in [3.63, 3.8) is 0 Å². The summed E-state index contributed by atoms with van der Waals surface area (Å²) in [5.74, 6) is 0.0195. The molecule has 0 aliphatic heterocycles. The van der Waals surface area contributed by atoms with Crippen LogP contribution in [0.3, 0.4) is 0 Å². The minimum absolute atomic E-state index is 0.116. The number of nitrogens with zero attached hydrogens (tertiary/aromatic N) is 3. The number of carbonyl (C=O) groups is 2. The van der Waals surface area contributed by atoms with E-state index in [2.05, 4.69) is 24.1 Å². The normalized spacial score (nSPS) is 14.7. The molecule has 2 heterocycles. The minimum atomic E-state index is -0.183. The quantitative estimate of drug-likeness (QED) is 0.828. The predicted octanol–water partition coefficient (Wildman–Crippen LogP) is 3.27. The molecule has 1 saturated carbocycles. The van der Waals surface area contributed by atoms with Gasteiger partial charge in [0.25, 0.3) is 11.8 Å². The molecule has 0 aromatic carbocycles. The van der Waals surface area contributed by atoms with Crippen molar-refractivity contribution in [2.24, 2.45) is 0 Å². The van der Waals surface area contributed by atoms with Gasteiger partial charge >= 0.3 is 0 Å². The Bertz CT molecular complexity index is 771. The third-order valence-electron chi connectivity index (χ3n) is 4.92. The Balaban J connectivity index is 1.93. The molecule has 0 unspecified atom stereocenters. The number of hydrogen-bond acceptors (Lipinski definition) is 3. The molecule has 0 bridgehead atoms. The van der Waals surface area contributed by atoms with Gasteiger partial charge in [-0.1, -0.05) is 32.8 Å². The molecule has 0 atom stereocenters. The molecular formula is C20H28N4O2. The summed E-state index contributed by atoms with van der Waals surface area (Å²) in [4.78, 5) is 32.1. The fraction of sp³-hybridized carbons (Fsp3) is 0.550. The fourth-order valence-corrected chi connectivity index (χ4v) is 3.68. The highest BCUT2D eigenvalue weighted by molar-refractivity contribution is 6.02. The van der Waals surface area contributed by atoms with Crippen molar-refractivity contribution in [1.29, 1.82) is 0 Å². The van der Waals surface area contributed by atoms with Crippen LogP contribution in [0.25, 0.3) is 5.52 Å². The first-order valence-corrected chi connectivity index (χ1v) is 9.72. The second-order valence-electron chi connectivity index (χ2n) is 6.99. The van der Waals surface area contributed by atoms with Crippen LogP contribution in [0.5, 0.6) is 0 Å². The van der Waals surface area contributed by atoms with E-state index in [-0.39, 0.29) is 17.9 Å². The second-order valence-corrected chi connectivity index (χ2v) is 6.99. The van der Waals surface area contributed by atoms with Gasteiger partial charge < -0.3 is 10.2 Å². The average Bonchev–Trinajstić information content (AvgIpc) is 3.28. The van der Waals surface area contributed by atoms with E-state index >= 15 is 0 Å². The molecule has 6 nitrogen and oxygen atoms in total. The molecule has 2 aromatic rings. The standard InChI is InChI=1S/C20H28N4O2/c1-3-12-23(13-4-2)20(26)18-22-17(16-11-7-8-14-24(16)18)19(25)21-15-9-5-6-10-15/h7-8,11,14-15H,3-6,9-10,12-13H2,1-2H3,(H,21,25). The maximum absolute atomic E-state index is 13.0. The van der Waals surface area contributed by atoms with Crippen LogP contribution in [0.15, 0.2) is 24.4 Å². The molecule has 0 spiro atoms. The monoisotopic (exact) mass is 356 g/mol. The molecule has 140 valence electrons. The molecule has 2 aromatic heterocycles. The summed E-state index contributed by atoms with van der Waals surface area (Å²) in [6, 6.07) is 5.79. The van der Waals surface area contributed by atoms with E-state index in [0.717, 1.165) is 38.5 Å². The van der Waals surface area contributed by atoms with Crippen LogP contribution in [0, 0.1) is 0 Å². The SMILES string of the molecule is CCCN(CCC)C(=O)c1nc(C(=O)NC2CCCC2)c2ccccn12. The number of aromatic nitrogens is 2.